The van der Waals surface area contributed by atoms with E-state index in [4.69, 9.17) is 18.0 Å². The number of benzene rings is 1. The maximum Gasteiger partial charge on any atom is 0.161 e. The summed E-state index contributed by atoms with van der Waals surface area (Å²) in [5, 5.41) is 9.83. The van der Waals surface area contributed by atoms with Gasteiger partial charge >= 0.3 is 0 Å². The highest BCUT2D eigenvalue weighted by Gasteiger charge is 2.41. The highest BCUT2D eigenvalue weighted by Crippen LogP contribution is 2.42. The molecule has 2 bridgehead atoms. The smallest absolute Gasteiger partial charge is 0.161 e. The van der Waals surface area contributed by atoms with Crippen molar-refractivity contribution in [2.75, 3.05) is 4.90 Å². The van der Waals surface area contributed by atoms with Crippen LogP contribution < -0.4 is 10.6 Å². The lowest BCUT2D eigenvalue weighted by molar-refractivity contribution is 0.126. The summed E-state index contributed by atoms with van der Waals surface area (Å²) in [5.74, 6) is -0.316. The zero-order chi connectivity index (χ0) is 14.4. The van der Waals surface area contributed by atoms with E-state index in [1.165, 1.54) is 0 Å². The molecular formula is C14H16BrFN2OS. The van der Waals surface area contributed by atoms with E-state index in [1.807, 2.05) is 0 Å². The Kier molecular flexibility index (Phi) is 3.73. The van der Waals surface area contributed by atoms with E-state index < -0.39 is 0 Å². The topological polar surface area (TPSA) is 49.5 Å². The van der Waals surface area contributed by atoms with Crippen molar-refractivity contribution in [2.24, 2.45) is 5.73 Å². The van der Waals surface area contributed by atoms with Gasteiger partial charge in [-0.1, -0.05) is 12.2 Å². The summed E-state index contributed by atoms with van der Waals surface area (Å²) < 4.78 is 14.9. The second kappa shape index (κ2) is 5.24. The van der Waals surface area contributed by atoms with Gasteiger partial charge in [-0.3, -0.25) is 0 Å². The van der Waals surface area contributed by atoms with E-state index in [9.17, 15) is 9.50 Å². The first-order valence-electron chi connectivity index (χ1n) is 6.73. The van der Waals surface area contributed by atoms with Gasteiger partial charge in [0, 0.05) is 17.6 Å². The maximum atomic E-state index is 14.6. The second-order valence-corrected chi connectivity index (χ2v) is 6.77. The average Bonchev–Trinajstić information content (AvgIpc) is 2.65. The highest BCUT2D eigenvalue weighted by atomic mass is 79.9. The van der Waals surface area contributed by atoms with Crippen LogP contribution in [0, 0.1) is 5.82 Å². The highest BCUT2D eigenvalue weighted by molar-refractivity contribution is 9.10. The fraction of sp³-hybridized carbons (Fsp3) is 0.500. The SMILES string of the molecule is NC(=S)c1ccc(N2C3CCC2CC(O)C3)c(F)c1Br. The summed E-state index contributed by atoms with van der Waals surface area (Å²) in [6, 6.07) is 3.95. The molecule has 0 radical (unpaired) electrons. The molecule has 108 valence electrons. The van der Waals surface area contributed by atoms with E-state index >= 15 is 0 Å². The zero-order valence-corrected chi connectivity index (χ0v) is 13.3. The van der Waals surface area contributed by atoms with Crippen molar-refractivity contribution in [3.63, 3.8) is 0 Å². The number of anilines is 1. The van der Waals surface area contributed by atoms with Gasteiger partial charge in [0.25, 0.3) is 0 Å². The Labute approximate surface area is 131 Å². The fourth-order valence-corrected chi connectivity index (χ4v) is 4.32. The third-order valence-electron chi connectivity index (χ3n) is 4.31. The van der Waals surface area contributed by atoms with Crippen molar-refractivity contribution in [3.05, 3.63) is 28.0 Å². The average molecular weight is 359 g/mol. The standard InChI is InChI=1S/C14H16BrFN2OS/c15-12-10(14(17)20)3-4-11(13(12)16)18-7-1-2-8(18)6-9(19)5-7/h3-4,7-9,19H,1-2,5-6H2,(H2,17,20). The van der Waals surface area contributed by atoms with Gasteiger partial charge in [0.1, 0.15) is 4.99 Å². The molecule has 1 aromatic rings. The van der Waals surface area contributed by atoms with Crippen LogP contribution >= 0.6 is 28.1 Å². The van der Waals surface area contributed by atoms with Crippen LogP contribution in [0.5, 0.6) is 0 Å². The predicted octanol–water partition coefficient (Wildman–Crippen LogP) is 2.71. The maximum absolute atomic E-state index is 14.6. The molecule has 3 nitrogen and oxygen atoms in total. The number of thiocarbonyl (C=S) groups is 1. The van der Waals surface area contributed by atoms with Crippen LogP contribution in [0.15, 0.2) is 16.6 Å². The first-order valence-corrected chi connectivity index (χ1v) is 7.93. The number of hydrogen-bond acceptors (Lipinski definition) is 3. The molecule has 2 aliphatic heterocycles. The van der Waals surface area contributed by atoms with Crippen molar-refractivity contribution in [1.82, 2.24) is 0 Å². The first-order chi connectivity index (χ1) is 9.49. The van der Waals surface area contributed by atoms with Crippen LogP contribution in [0.3, 0.4) is 0 Å². The summed E-state index contributed by atoms with van der Waals surface area (Å²) in [5.41, 5.74) is 6.68. The summed E-state index contributed by atoms with van der Waals surface area (Å²) in [4.78, 5) is 2.30. The van der Waals surface area contributed by atoms with Crippen LogP contribution in [0.2, 0.25) is 0 Å². The number of nitrogens with two attached hydrogens (primary N) is 1. The molecule has 0 aliphatic carbocycles. The number of aliphatic hydroxyl groups is 1. The van der Waals surface area contributed by atoms with E-state index in [2.05, 4.69) is 20.8 Å². The summed E-state index contributed by atoms with van der Waals surface area (Å²) in [7, 11) is 0. The Balaban J connectivity index is 2.00. The van der Waals surface area contributed by atoms with E-state index in [-0.39, 0.29) is 29.0 Å². The first kappa shape index (κ1) is 14.2. The Bertz CT molecular complexity index is 554. The lowest BCUT2D eigenvalue weighted by Crippen LogP contribution is -2.45. The summed E-state index contributed by atoms with van der Waals surface area (Å²) in [6.45, 7) is 0. The number of piperidine rings is 1. The second-order valence-electron chi connectivity index (χ2n) is 5.54. The van der Waals surface area contributed by atoms with Crippen molar-refractivity contribution in [3.8, 4) is 0 Å². The normalized spacial score (nSPS) is 28.8. The molecule has 20 heavy (non-hydrogen) atoms. The van der Waals surface area contributed by atoms with E-state index in [0.717, 1.165) is 12.8 Å². The van der Waals surface area contributed by atoms with Gasteiger partial charge in [0.05, 0.1) is 16.3 Å². The molecule has 0 aromatic heterocycles. The van der Waals surface area contributed by atoms with Gasteiger partial charge in [-0.2, -0.15) is 0 Å². The molecule has 1 aromatic carbocycles. The Morgan fingerprint density at radius 1 is 1.35 bits per heavy atom. The minimum Gasteiger partial charge on any atom is -0.393 e. The van der Waals surface area contributed by atoms with Crippen LogP contribution in [0.1, 0.15) is 31.2 Å². The van der Waals surface area contributed by atoms with Crippen LogP contribution in [-0.4, -0.2) is 28.3 Å². The van der Waals surface area contributed by atoms with Crippen molar-refractivity contribution < 1.29 is 9.50 Å². The van der Waals surface area contributed by atoms with Crippen LogP contribution in [0.25, 0.3) is 0 Å². The molecule has 0 amide bonds. The number of fused-ring (bicyclic) bond motifs is 2. The minimum atomic E-state index is -0.316. The third-order valence-corrected chi connectivity index (χ3v) is 5.31. The monoisotopic (exact) mass is 358 g/mol. The summed E-state index contributed by atoms with van der Waals surface area (Å²) >= 11 is 8.17. The molecule has 0 spiro atoms. The lowest BCUT2D eigenvalue weighted by atomic mass is 9.98. The van der Waals surface area contributed by atoms with Gasteiger partial charge in [0.2, 0.25) is 0 Å². The van der Waals surface area contributed by atoms with Gasteiger partial charge < -0.3 is 15.7 Å². The molecule has 3 N–H and O–H groups in total. The largest absolute Gasteiger partial charge is 0.393 e. The molecule has 2 atom stereocenters. The lowest BCUT2D eigenvalue weighted by Gasteiger charge is -2.39. The molecule has 6 heteroatoms. The molecule has 3 rings (SSSR count). The van der Waals surface area contributed by atoms with Crippen LogP contribution in [0.4, 0.5) is 10.1 Å². The quantitative estimate of drug-likeness (QED) is 0.798. The molecule has 2 heterocycles. The Morgan fingerprint density at radius 3 is 2.50 bits per heavy atom. The molecule has 0 saturated carbocycles. The van der Waals surface area contributed by atoms with Gasteiger partial charge in [-0.05, 0) is 53.7 Å². The third kappa shape index (κ3) is 2.23. The van der Waals surface area contributed by atoms with E-state index in [1.54, 1.807) is 12.1 Å². The Morgan fingerprint density at radius 2 is 1.95 bits per heavy atom. The number of rotatable bonds is 2. The zero-order valence-electron chi connectivity index (χ0n) is 10.9. The van der Waals surface area contributed by atoms with Gasteiger partial charge in [-0.25, -0.2) is 4.39 Å². The number of halogens is 2. The van der Waals surface area contributed by atoms with E-state index in [0.29, 0.717) is 28.6 Å². The van der Waals surface area contributed by atoms with Gasteiger partial charge in [0.15, 0.2) is 5.82 Å². The molecular weight excluding hydrogens is 343 g/mol. The fourth-order valence-electron chi connectivity index (χ4n) is 3.47. The number of nitrogens with zero attached hydrogens (tertiary/aromatic N) is 1. The number of aliphatic hydroxyl groups excluding tert-OH is 1. The molecule has 2 fully saturated rings. The van der Waals surface area contributed by atoms with Crippen molar-refractivity contribution in [1.29, 1.82) is 0 Å². The van der Waals surface area contributed by atoms with Crippen molar-refractivity contribution >= 4 is 38.8 Å². The van der Waals surface area contributed by atoms with Crippen LogP contribution in [-0.2, 0) is 0 Å². The summed E-state index contributed by atoms with van der Waals surface area (Å²) in [6.07, 6.45) is 3.19. The van der Waals surface area contributed by atoms with Gasteiger partial charge in [-0.15, -0.1) is 0 Å². The molecule has 2 unspecified atom stereocenters. The Hall–Kier alpha value is -0.720. The number of hydrogen-bond donors (Lipinski definition) is 2. The molecule has 2 saturated heterocycles. The van der Waals surface area contributed by atoms with Crippen molar-refractivity contribution in [2.45, 2.75) is 43.9 Å². The predicted molar refractivity (Wildman–Crippen MR) is 84.5 cm³/mol. The minimum absolute atomic E-state index is 0.180. The molecule has 2 aliphatic rings.